The molecule has 2 aliphatic heterocycles. The van der Waals surface area contributed by atoms with Gasteiger partial charge >= 0.3 is 18.2 Å². The number of carboxylic acids is 1. The second-order valence-corrected chi connectivity index (χ2v) is 15.5. The summed E-state index contributed by atoms with van der Waals surface area (Å²) in [4.78, 5) is 66.7. The van der Waals surface area contributed by atoms with Crippen molar-refractivity contribution in [1.29, 1.82) is 0 Å². The summed E-state index contributed by atoms with van der Waals surface area (Å²) in [5.74, 6) is -3.88. The lowest BCUT2D eigenvalue weighted by Crippen LogP contribution is -2.56. The normalized spacial score (nSPS) is 21.2. The number of carbonyl (C=O) groups excluding carboxylic acids is 4. The molecule has 5 rings (SSSR count). The number of ether oxygens (including phenoxy) is 4. The van der Waals surface area contributed by atoms with Crippen LogP contribution in [-0.2, 0) is 56.4 Å². The zero-order valence-corrected chi connectivity index (χ0v) is 31.8. The van der Waals surface area contributed by atoms with Gasteiger partial charge in [0.2, 0.25) is 5.91 Å². The Balaban J connectivity index is 1.21. The Morgan fingerprint density at radius 1 is 1.02 bits per heavy atom. The molecule has 1 aliphatic carbocycles. The SMILES string of the molecule is C=C[C@@H]1C[C@]1(NC(=O)[C@@H]1C[C@@H](OC(=O)N2Cc3cccc(F)c3C2)CN1C(=O)OC(C)C)C(=O)NS(=O)(=O)c1ccccc1NCCOCCOCCC(=O)O. The molecular weight excluding hydrogens is 757 g/mol. The summed E-state index contributed by atoms with van der Waals surface area (Å²) >= 11 is 0. The van der Waals surface area contributed by atoms with Gasteiger partial charge in [-0.1, -0.05) is 30.3 Å². The van der Waals surface area contributed by atoms with Crippen molar-refractivity contribution < 1.29 is 60.8 Å². The molecule has 0 spiro atoms. The highest BCUT2D eigenvalue weighted by Gasteiger charge is 2.61. The van der Waals surface area contributed by atoms with E-state index in [0.29, 0.717) is 11.1 Å². The molecule has 304 valence electrons. The summed E-state index contributed by atoms with van der Waals surface area (Å²) in [6, 6.07) is 9.18. The lowest BCUT2D eigenvalue weighted by molar-refractivity contribution is -0.138. The van der Waals surface area contributed by atoms with Gasteiger partial charge < -0.3 is 34.7 Å². The van der Waals surface area contributed by atoms with E-state index in [4.69, 9.17) is 24.1 Å². The lowest BCUT2D eigenvalue weighted by atomic mass is 10.1. The van der Waals surface area contributed by atoms with Gasteiger partial charge in [0.05, 0.1) is 57.7 Å². The van der Waals surface area contributed by atoms with Crippen LogP contribution in [0.25, 0.3) is 0 Å². The molecule has 4 atom stereocenters. The number of nitrogens with one attached hydrogen (secondary N) is 3. The summed E-state index contributed by atoms with van der Waals surface area (Å²) in [7, 11) is -4.50. The fourth-order valence-corrected chi connectivity index (χ4v) is 7.74. The summed E-state index contributed by atoms with van der Waals surface area (Å²) < 4.78 is 65.2. The van der Waals surface area contributed by atoms with Crippen molar-refractivity contribution in [2.24, 2.45) is 5.92 Å². The minimum absolute atomic E-state index is 0.0102. The molecule has 17 nitrogen and oxygen atoms in total. The van der Waals surface area contributed by atoms with E-state index in [1.165, 1.54) is 35.2 Å². The van der Waals surface area contributed by atoms with Crippen LogP contribution in [0.2, 0.25) is 0 Å². The highest BCUT2D eigenvalue weighted by Crippen LogP contribution is 2.45. The van der Waals surface area contributed by atoms with Gasteiger partial charge in [0, 0.05) is 31.0 Å². The standard InChI is InChI=1S/C37H46FN5O12S/c1-4-25-19-37(25,34(47)41-56(50,51)31-11-6-5-10-29(31)39-13-15-53-17-16-52-14-12-32(44)45)40-33(46)30-18-26(21-43(30)36(49)54-23(2)3)55-35(48)42-20-24-8-7-9-28(38)27(24)22-42/h4-11,23,25-26,30,39H,1,12-22H2,2-3H3,(H,40,46)(H,41,47)(H,44,45)/t25-,26-,30+,37-/m1/s1. The largest absolute Gasteiger partial charge is 0.481 e. The van der Waals surface area contributed by atoms with E-state index in [-0.39, 0.29) is 82.5 Å². The predicted molar refractivity (Wildman–Crippen MR) is 196 cm³/mol. The minimum Gasteiger partial charge on any atom is -0.481 e. The number of likely N-dealkylation sites (tertiary alicyclic amines) is 1. The van der Waals surface area contributed by atoms with Crippen LogP contribution in [0.5, 0.6) is 0 Å². The predicted octanol–water partition coefficient (Wildman–Crippen LogP) is 2.75. The summed E-state index contributed by atoms with van der Waals surface area (Å²) in [5.41, 5.74) is -0.527. The Labute approximate surface area is 323 Å². The van der Waals surface area contributed by atoms with E-state index < -0.39 is 75.5 Å². The van der Waals surface area contributed by atoms with Gasteiger partial charge in [0.25, 0.3) is 15.9 Å². The van der Waals surface area contributed by atoms with Crippen LogP contribution in [0.4, 0.5) is 19.7 Å². The number of benzene rings is 2. The average Bonchev–Trinajstić information content (AvgIpc) is 3.44. The van der Waals surface area contributed by atoms with Crippen molar-refractivity contribution >= 4 is 45.7 Å². The number of carboxylic acid groups (broad SMARTS) is 1. The first-order chi connectivity index (χ1) is 26.6. The van der Waals surface area contributed by atoms with Gasteiger partial charge in [-0.15, -0.1) is 6.58 Å². The number of halogens is 1. The number of carbonyl (C=O) groups is 5. The number of fused-ring (bicyclic) bond motifs is 1. The monoisotopic (exact) mass is 803 g/mol. The highest BCUT2D eigenvalue weighted by atomic mass is 32.2. The van der Waals surface area contributed by atoms with Crippen molar-refractivity contribution in [1.82, 2.24) is 19.8 Å². The van der Waals surface area contributed by atoms with Crippen molar-refractivity contribution in [2.45, 2.75) is 74.9 Å². The quantitative estimate of drug-likeness (QED) is 0.126. The maximum atomic E-state index is 14.3. The molecule has 3 aliphatic rings. The van der Waals surface area contributed by atoms with Crippen LogP contribution in [0.3, 0.4) is 0 Å². The molecule has 1 saturated heterocycles. The summed E-state index contributed by atoms with van der Waals surface area (Å²) in [6.45, 7) is 7.64. The molecule has 0 radical (unpaired) electrons. The molecule has 56 heavy (non-hydrogen) atoms. The number of hydrogen-bond donors (Lipinski definition) is 4. The topological polar surface area (TPSA) is 219 Å². The number of hydrogen-bond acceptors (Lipinski definition) is 12. The molecule has 4 N–H and O–H groups in total. The second kappa shape index (κ2) is 18.1. The minimum atomic E-state index is -4.50. The molecule has 2 aromatic carbocycles. The number of anilines is 1. The van der Waals surface area contributed by atoms with Crippen LogP contribution in [0.1, 0.15) is 44.2 Å². The Bertz CT molecular complexity index is 1930. The molecule has 2 aromatic rings. The summed E-state index contributed by atoms with van der Waals surface area (Å²) in [5, 5.41) is 14.3. The number of amides is 4. The Morgan fingerprint density at radius 3 is 2.43 bits per heavy atom. The fraction of sp³-hybridized carbons (Fsp3) is 0.486. The summed E-state index contributed by atoms with van der Waals surface area (Å²) in [6.07, 6.45) is -1.98. The molecule has 2 fully saturated rings. The zero-order chi connectivity index (χ0) is 40.6. The van der Waals surface area contributed by atoms with Crippen molar-refractivity contribution in [3.8, 4) is 0 Å². The van der Waals surface area contributed by atoms with Gasteiger partial charge in [-0.2, -0.15) is 0 Å². The van der Waals surface area contributed by atoms with Gasteiger partial charge in [-0.25, -0.2) is 27.1 Å². The van der Waals surface area contributed by atoms with Gasteiger partial charge in [0.15, 0.2) is 0 Å². The molecule has 0 unspecified atom stereocenters. The first-order valence-electron chi connectivity index (χ1n) is 18.1. The van der Waals surface area contributed by atoms with Crippen LogP contribution in [0.15, 0.2) is 60.0 Å². The molecular formula is C37H46FN5O12S. The maximum absolute atomic E-state index is 14.3. The second-order valence-electron chi connectivity index (χ2n) is 13.8. The molecule has 2 heterocycles. The number of sulfonamides is 1. The van der Waals surface area contributed by atoms with Crippen LogP contribution < -0.4 is 15.4 Å². The molecule has 0 bridgehead atoms. The first-order valence-corrected chi connectivity index (χ1v) is 19.5. The number of nitrogens with zero attached hydrogens (tertiary/aromatic N) is 2. The van der Waals surface area contributed by atoms with Crippen molar-refractivity contribution in [2.75, 3.05) is 44.8 Å². The third kappa shape index (κ3) is 10.1. The van der Waals surface area contributed by atoms with E-state index in [0.717, 1.165) is 4.90 Å². The lowest BCUT2D eigenvalue weighted by Gasteiger charge is -2.26. The van der Waals surface area contributed by atoms with Crippen LogP contribution in [0, 0.1) is 11.7 Å². The Kier molecular flexibility index (Phi) is 13.6. The first kappa shape index (κ1) is 41.9. The average molecular weight is 804 g/mol. The fourth-order valence-electron chi connectivity index (χ4n) is 6.52. The third-order valence-electron chi connectivity index (χ3n) is 9.44. The third-order valence-corrected chi connectivity index (χ3v) is 10.8. The smallest absolute Gasteiger partial charge is 0.410 e. The molecule has 0 aromatic heterocycles. The van der Waals surface area contributed by atoms with E-state index in [9.17, 15) is 36.8 Å². The van der Waals surface area contributed by atoms with Crippen molar-refractivity contribution in [3.63, 3.8) is 0 Å². The van der Waals surface area contributed by atoms with Crippen LogP contribution in [-0.4, -0.2) is 117 Å². The van der Waals surface area contributed by atoms with Crippen molar-refractivity contribution in [3.05, 3.63) is 72.1 Å². The maximum Gasteiger partial charge on any atom is 0.410 e. The zero-order valence-electron chi connectivity index (χ0n) is 31.0. The van der Waals surface area contributed by atoms with E-state index in [1.54, 1.807) is 32.0 Å². The number of aliphatic carboxylic acids is 1. The van der Waals surface area contributed by atoms with Gasteiger partial charge in [0.1, 0.15) is 28.4 Å². The number of rotatable bonds is 18. The molecule has 1 saturated carbocycles. The van der Waals surface area contributed by atoms with Crippen LogP contribution >= 0.6 is 0 Å². The van der Waals surface area contributed by atoms with Gasteiger partial charge in [-0.05, 0) is 44.0 Å². The Hall–Kier alpha value is -5.27. The van der Waals surface area contributed by atoms with Gasteiger partial charge in [-0.3, -0.25) is 24.2 Å². The van der Waals surface area contributed by atoms with E-state index in [1.807, 2.05) is 0 Å². The van der Waals surface area contributed by atoms with E-state index >= 15 is 0 Å². The molecule has 4 amide bonds. The molecule has 19 heteroatoms. The number of para-hydroxylation sites is 1. The Morgan fingerprint density at radius 2 is 1.75 bits per heavy atom. The van der Waals surface area contributed by atoms with E-state index in [2.05, 4.69) is 21.9 Å². The highest BCUT2D eigenvalue weighted by molar-refractivity contribution is 7.90.